The van der Waals surface area contributed by atoms with Gasteiger partial charge in [-0.25, -0.2) is 4.79 Å². The van der Waals surface area contributed by atoms with E-state index < -0.39 is 28.7 Å². The number of aliphatic carboxylic acids is 1. The van der Waals surface area contributed by atoms with Crippen molar-refractivity contribution in [2.24, 2.45) is 5.73 Å². The van der Waals surface area contributed by atoms with Gasteiger partial charge in [-0.1, -0.05) is 0 Å². The lowest BCUT2D eigenvalue weighted by atomic mass is 10.2. The summed E-state index contributed by atoms with van der Waals surface area (Å²) in [5.41, 5.74) is 4.79. The van der Waals surface area contributed by atoms with Gasteiger partial charge in [0.25, 0.3) is 5.69 Å². The normalized spacial score (nSPS) is 14.6. The summed E-state index contributed by atoms with van der Waals surface area (Å²) in [6.45, 7) is 1.44. The number of hydrogen-bond acceptors (Lipinski definition) is 6. The SMILES string of the molecule is CC(C(=O)O)N(C(=O)CSc1ccc(C(N)=O)cc1[N+](=O)[O-])C1CC1. The summed E-state index contributed by atoms with van der Waals surface area (Å²) < 4.78 is 0. The monoisotopic (exact) mass is 367 g/mol. The molecule has 0 aliphatic heterocycles. The molecule has 1 aliphatic carbocycles. The lowest BCUT2D eigenvalue weighted by molar-refractivity contribution is -0.387. The Labute approximate surface area is 147 Å². The number of carboxylic acids is 1. The molecule has 1 atom stereocenters. The van der Waals surface area contributed by atoms with Gasteiger partial charge in [-0.2, -0.15) is 0 Å². The Kier molecular flexibility index (Phi) is 5.62. The van der Waals surface area contributed by atoms with Crippen LogP contribution in [0.15, 0.2) is 23.1 Å². The summed E-state index contributed by atoms with van der Waals surface area (Å²) >= 11 is 0.929. The van der Waals surface area contributed by atoms with Crippen LogP contribution in [-0.2, 0) is 9.59 Å². The Morgan fingerprint density at radius 3 is 2.56 bits per heavy atom. The number of carbonyl (C=O) groups excluding carboxylic acids is 2. The van der Waals surface area contributed by atoms with Gasteiger partial charge in [-0.05, 0) is 31.9 Å². The minimum absolute atomic E-state index is 0.00137. The van der Waals surface area contributed by atoms with Gasteiger partial charge in [0, 0.05) is 17.7 Å². The molecule has 2 amide bonds. The summed E-state index contributed by atoms with van der Waals surface area (Å²) in [4.78, 5) is 46.7. The van der Waals surface area contributed by atoms with Crippen LogP contribution in [0.2, 0.25) is 0 Å². The minimum atomic E-state index is -1.10. The van der Waals surface area contributed by atoms with Gasteiger partial charge in [0.2, 0.25) is 11.8 Å². The highest BCUT2D eigenvalue weighted by atomic mass is 32.2. The van der Waals surface area contributed by atoms with E-state index in [2.05, 4.69) is 0 Å². The Balaban J connectivity index is 2.14. The van der Waals surface area contributed by atoms with Crippen molar-refractivity contribution in [1.82, 2.24) is 4.90 Å². The number of amides is 2. The van der Waals surface area contributed by atoms with Crippen molar-refractivity contribution >= 4 is 35.2 Å². The Morgan fingerprint density at radius 2 is 2.08 bits per heavy atom. The van der Waals surface area contributed by atoms with Crippen LogP contribution < -0.4 is 5.73 Å². The average molecular weight is 367 g/mol. The van der Waals surface area contributed by atoms with Crippen LogP contribution in [0.4, 0.5) is 5.69 Å². The molecule has 0 aromatic heterocycles. The van der Waals surface area contributed by atoms with Crippen molar-refractivity contribution in [2.45, 2.75) is 36.7 Å². The van der Waals surface area contributed by atoms with Crippen LogP contribution in [-0.4, -0.2) is 50.5 Å². The maximum atomic E-state index is 12.4. The zero-order chi connectivity index (χ0) is 18.7. The summed E-state index contributed by atoms with van der Waals surface area (Å²) in [5, 5.41) is 20.3. The van der Waals surface area contributed by atoms with Gasteiger partial charge in [-0.15, -0.1) is 11.8 Å². The first-order valence-corrected chi connectivity index (χ1v) is 8.46. The number of nitrogens with zero attached hydrogens (tertiary/aromatic N) is 2. The predicted octanol–water partition coefficient (Wildman–Crippen LogP) is 1.25. The van der Waals surface area contributed by atoms with E-state index in [-0.39, 0.29) is 27.9 Å². The zero-order valence-electron chi connectivity index (χ0n) is 13.4. The van der Waals surface area contributed by atoms with Crippen LogP contribution in [0.3, 0.4) is 0 Å². The molecule has 2 rings (SSSR count). The minimum Gasteiger partial charge on any atom is -0.480 e. The second-order valence-corrected chi connectivity index (χ2v) is 6.66. The van der Waals surface area contributed by atoms with E-state index >= 15 is 0 Å². The standard InChI is InChI=1S/C15H17N3O6S/c1-8(15(21)22)17(10-3-4-10)13(19)7-25-12-5-2-9(14(16)20)6-11(12)18(23)24/h2,5-6,8,10H,3-4,7H2,1H3,(H2,16,20)(H,21,22). The summed E-state index contributed by atoms with van der Waals surface area (Å²) in [5.74, 6) is -2.41. The Morgan fingerprint density at radius 1 is 1.44 bits per heavy atom. The van der Waals surface area contributed by atoms with Gasteiger partial charge in [0.1, 0.15) is 6.04 Å². The van der Waals surface area contributed by atoms with Crippen molar-refractivity contribution in [2.75, 3.05) is 5.75 Å². The van der Waals surface area contributed by atoms with Crippen molar-refractivity contribution in [3.05, 3.63) is 33.9 Å². The third kappa shape index (κ3) is 4.47. The molecule has 0 saturated heterocycles. The quantitative estimate of drug-likeness (QED) is 0.399. The second kappa shape index (κ2) is 7.51. The number of carboxylic acid groups (broad SMARTS) is 1. The van der Waals surface area contributed by atoms with E-state index in [1.54, 1.807) is 0 Å². The number of carbonyl (C=O) groups is 3. The van der Waals surface area contributed by atoms with Crippen LogP contribution in [0.5, 0.6) is 0 Å². The van der Waals surface area contributed by atoms with Crippen LogP contribution in [0, 0.1) is 10.1 Å². The number of rotatable bonds is 8. The Hall–Kier alpha value is -2.62. The van der Waals surface area contributed by atoms with E-state index in [0.29, 0.717) is 0 Å². The number of nitrogens with two attached hydrogens (primary N) is 1. The first kappa shape index (κ1) is 18.7. The highest BCUT2D eigenvalue weighted by Crippen LogP contribution is 2.33. The first-order valence-electron chi connectivity index (χ1n) is 7.47. The maximum Gasteiger partial charge on any atom is 0.326 e. The van der Waals surface area contributed by atoms with Crippen LogP contribution in [0.1, 0.15) is 30.1 Å². The zero-order valence-corrected chi connectivity index (χ0v) is 14.2. The third-order valence-electron chi connectivity index (χ3n) is 3.79. The highest BCUT2D eigenvalue weighted by molar-refractivity contribution is 8.00. The molecule has 1 aromatic carbocycles. The molecule has 1 aliphatic rings. The van der Waals surface area contributed by atoms with E-state index in [4.69, 9.17) is 10.8 Å². The Bertz CT molecular complexity index is 734. The van der Waals surface area contributed by atoms with E-state index in [1.165, 1.54) is 24.0 Å². The largest absolute Gasteiger partial charge is 0.480 e. The number of primary amides is 1. The van der Waals surface area contributed by atoms with Crippen molar-refractivity contribution in [3.63, 3.8) is 0 Å². The number of nitro groups is 1. The van der Waals surface area contributed by atoms with E-state index in [0.717, 1.165) is 30.7 Å². The highest BCUT2D eigenvalue weighted by Gasteiger charge is 2.38. The van der Waals surface area contributed by atoms with Crippen molar-refractivity contribution in [1.29, 1.82) is 0 Å². The lowest BCUT2D eigenvalue weighted by Crippen LogP contribution is -2.45. The molecule has 0 spiro atoms. The molecular weight excluding hydrogens is 350 g/mol. The molecule has 0 heterocycles. The topological polar surface area (TPSA) is 144 Å². The molecule has 9 nitrogen and oxygen atoms in total. The molecular formula is C15H17N3O6S. The molecule has 10 heteroatoms. The summed E-state index contributed by atoms with van der Waals surface area (Å²) in [7, 11) is 0. The van der Waals surface area contributed by atoms with Gasteiger partial charge in [-0.3, -0.25) is 19.7 Å². The lowest BCUT2D eigenvalue weighted by Gasteiger charge is -2.26. The maximum absolute atomic E-state index is 12.4. The molecule has 1 fully saturated rings. The van der Waals surface area contributed by atoms with E-state index in [1.807, 2.05) is 0 Å². The number of thioether (sulfide) groups is 1. The van der Waals surface area contributed by atoms with Crippen LogP contribution >= 0.6 is 11.8 Å². The molecule has 134 valence electrons. The second-order valence-electron chi connectivity index (χ2n) is 5.64. The fraction of sp³-hybridized carbons (Fsp3) is 0.400. The van der Waals surface area contributed by atoms with Crippen LogP contribution in [0.25, 0.3) is 0 Å². The number of hydrogen-bond donors (Lipinski definition) is 2. The smallest absolute Gasteiger partial charge is 0.326 e. The van der Waals surface area contributed by atoms with Crippen molar-refractivity contribution in [3.8, 4) is 0 Å². The van der Waals surface area contributed by atoms with Gasteiger partial charge in [0.05, 0.1) is 15.6 Å². The predicted molar refractivity (Wildman–Crippen MR) is 89.3 cm³/mol. The molecule has 3 N–H and O–H groups in total. The number of nitro benzene ring substituents is 1. The van der Waals surface area contributed by atoms with Gasteiger partial charge < -0.3 is 15.7 Å². The average Bonchev–Trinajstić information content (AvgIpc) is 3.37. The molecule has 0 bridgehead atoms. The van der Waals surface area contributed by atoms with Crippen molar-refractivity contribution < 1.29 is 24.4 Å². The molecule has 1 aromatic rings. The fourth-order valence-corrected chi connectivity index (χ4v) is 3.23. The molecule has 25 heavy (non-hydrogen) atoms. The van der Waals surface area contributed by atoms with Gasteiger partial charge in [0.15, 0.2) is 0 Å². The molecule has 0 radical (unpaired) electrons. The fourth-order valence-electron chi connectivity index (χ4n) is 2.36. The first-order chi connectivity index (χ1) is 11.7. The molecule has 1 unspecified atom stereocenters. The summed E-state index contributed by atoms with van der Waals surface area (Å²) in [6, 6.07) is 2.73. The summed E-state index contributed by atoms with van der Waals surface area (Å²) in [6.07, 6.45) is 1.50. The van der Waals surface area contributed by atoms with Gasteiger partial charge >= 0.3 is 5.97 Å². The molecule has 1 saturated carbocycles. The number of benzene rings is 1. The third-order valence-corrected chi connectivity index (χ3v) is 4.84. The van der Waals surface area contributed by atoms with E-state index in [9.17, 15) is 24.5 Å².